The van der Waals surface area contributed by atoms with Gasteiger partial charge in [0.2, 0.25) is 5.91 Å². The van der Waals surface area contributed by atoms with E-state index in [9.17, 15) is 4.79 Å². The second-order valence-electron chi connectivity index (χ2n) is 3.90. The second-order valence-corrected chi connectivity index (χ2v) is 3.90. The largest absolute Gasteiger partial charge is 0.353 e. The number of carbonyl (C=O) groups excluding carboxylic acids is 1. The standard InChI is InChI=1S/C9H16N2O.ClH/c12-9(11-8-1-2-8)5-7-3-4-10-6-7;/h7-8,10H,1-6H2,(H,11,12);1H/t7-;/m1./s1. The number of halogens is 1. The number of nitrogens with one attached hydrogen (secondary N) is 2. The molecule has 1 heterocycles. The van der Waals surface area contributed by atoms with Crippen LogP contribution in [0.5, 0.6) is 0 Å². The van der Waals surface area contributed by atoms with Gasteiger partial charge in [-0.05, 0) is 38.3 Å². The molecule has 4 heteroatoms. The molecule has 0 bridgehead atoms. The second kappa shape index (κ2) is 4.82. The average Bonchev–Trinajstić information content (AvgIpc) is 2.66. The highest BCUT2D eigenvalue weighted by atomic mass is 35.5. The Kier molecular flexibility index (Phi) is 4.00. The van der Waals surface area contributed by atoms with E-state index in [0.717, 1.165) is 25.9 Å². The van der Waals surface area contributed by atoms with Crippen molar-refractivity contribution in [3.8, 4) is 0 Å². The number of amides is 1. The fourth-order valence-corrected chi connectivity index (χ4v) is 1.67. The van der Waals surface area contributed by atoms with Gasteiger partial charge >= 0.3 is 0 Å². The monoisotopic (exact) mass is 204 g/mol. The van der Waals surface area contributed by atoms with Crippen molar-refractivity contribution in [3.05, 3.63) is 0 Å². The van der Waals surface area contributed by atoms with Crippen LogP contribution in [0.15, 0.2) is 0 Å². The lowest BCUT2D eigenvalue weighted by molar-refractivity contribution is -0.122. The first-order valence-corrected chi connectivity index (χ1v) is 4.84. The van der Waals surface area contributed by atoms with Gasteiger partial charge in [-0.25, -0.2) is 0 Å². The molecule has 13 heavy (non-hydrogen) atoms. The predicted molar refractivity (Wildman–Crippen MR) is 54.0 cm³/mol. The molecule has 3 nitrogen and oxygen atoms in total. The highest BCUT2D eigenvalue weighted by Crippen LogP contribution is 2.19. The molecule has 1 aliphatic heterocycles. The van der Waals surface area contributed by atoms with Crippen molar-refractivity contribution in [1.29, 1.82) is 0 Å². The van der Waals surface area contributed by atoms with Crippen LogP contribution in [0.4, 0.5) is 0 Å². The van der Waals surface area contributed by atoms with E-state index in [1.807, 2.05) is 0 Å². The zero-order valence-electron chi connectivity index (χ0n) is 7.71. The molecule has 1 atom stereocenters. The Morgan fingerprint density at radius 3 is 2.69 bits per heavy atom. The van der Waals surface area contributed by atoms with Crippen molar-refractivity contribution >= 4 is 18.3 Å². The zero-order valence-corrected chi connectivity index (χ0v) is 8.53. The SMILES string of the molecule is Cl.O=C(C[C@H]1CCNC1)NC1CC1. The molecule has 2 aliphatic rings. The Morgan fingerprint density at radius 2 is 2.15 bits per heavy atom. The van der Waals surface area contributed by atoms with Gasteiger partial charge in [0, 0.05) is 12.5 Å². The van der Waals surface area contributed by atoms with Gasteiger partial charge in [0.05, 0.1) is 0 Å². The Bertz CT molecular complexity index is 176. The molecule has 0 spiro atoms. The van der Waals surface area contributed by atoms with E-state index in [4.69, 9.17) is 0 Å². The van der Waals surface area contributed by atoms with Crippen LogP contribution < -0.4 is 10.6 Å². The molecule has 1 aliphatic carbocycles. The molecule has 2 rings (SSSR count). The van der Waals surface area contributed by atoms with Gasteiger partial charge in [-0.3, -0.25) is 4.79 Å². The van der Waals surface area contributed by atoms with Gasteiger partial charge in [-0.1, -0.05) is 0 Å². The van der Waals surface area contributed by atoms with Crippen LogP contribution in [-0.2, 0) is 4.79 Å². The first-order valence-electron chi connectivity index (χ1n) is 4.84. The van der Waals surface area contributed by atoms with Gasteiger partial charge < -0.3 is 10.6 Å². The molecule has 1 saturated carbocycles. The van der Waals surface area contributed by atoms with Gasteiger partial charge in [-0.2, -0.15) is 0 Å². The maximum Gasteiger partial charge on any atom is 0.220 e. The van der Waals surface area contributed by atoms with E-state index in [-0.39, 0.29) is 18.3 Å². The van der Waals surface area contributed by atoms with Crippen LogP contribution in [0.1, 0.15) is 25.7 Å². The summed E-state index contributed by atoms with van der Waals surface area (Å²) in [7, 11) is 0. The lowest BCUT2D eigenvalue weighted by atomic mass is 10.0. The molecule has 0 aromatic rings. The summed E-state index contributed by atoms with van der Waals surface area (Å²) >= 11 is 0. The number of rotatable bonds is 3. The molecular formula is C9H17ClN2O. The fourth-order valence-electron chi connectivity index (χ4n) is 1.67. The van der Waals surface area contributed by atoms with E-state index in [1.54, 1.807) is 0 Å². The minimum absolute atomic E-state index is 0. The Hall–Kier alpha value is -0.280. The van der Waals surface area contributed by atoms with Crippen LogP contribution >= 0.6 is 12.4 Å². The van der Waals surface area contributed by atoms with E-state index < -0.39 is 0 Å². The maximum absolute atomic E-state index is 11.3. The van der Waals surface area contributed by atoms with Gasteiger partial charge in [-0.15, -0.1) is 12.4 Å². The topological polar surface area (TPSA) is 41.1 Å². The van der Waals surface area contributed by atoms with E-state index >= 15 is 0 Å². The Balaban J connectivity index is 0.000000845. The first-order chi connectivity index (χ1) is 5.84. The van der Waals surface area contributed by atoms with Crippen molar-refractivity contribution in [2.24, 2.45) is 5.92 Å². The van der Waals surface area contributed by atoms with E-state index in [2.05, 4.69) is 10.6 Å². The zero-order chi connectivity index (χ0) is 8.39. The molecule has 0 aromatic carbocycles. The van der Waals surface area contributed by atoms with Crippen molar-refractivity contribution in [2.45, 2.75) is 31.7 Å². The molecule has 0 radical (unpaired) electrons. The summed E-state index contributed by atoms with van der Waals surface area (Å²) in [5.41, 5.74) is 0. The highest BCUT2D eigenvalue weighted by molar-refractivity contribution is 5.85. The minimum atomic E-state index is 0. The van der Waals surface area contributed by atoms with Gasteiger partial charge in [0.25, 0.3) is 0 Å². The number of hydrogen-bond acceptors (Lipinski definition) is 2. The molecule has 0 unspecified atom stereocenters. The van der Waals surface area contributed by atoms with Crippen molar-refractivity contribution in [3.63, 3.8) is 0 Å². The lowest BCUT2D eigenvalue weighted by Crippen LogP contribution is -2.27. The molecule has 2 N–H and O–H groups in total. The molecule has 1 saturated heterocycles. The molecule has 0 aromatic heterocycles. The predicted octanol–water partition coefficient (Wildman–Crippen LogP) is 0.686. The van der Waals surface area contributed by atoms with Crippen molar-refractivity contribution in [1.82, 2.24) is 10.6 Å². The molecule has 76 valence electrons. The van der Waals surface area contributed by atoms with Crippen LogP contribution in [-0.4, -0.2) is 25.0 Å². The van der Waals surface area contributed by atoms with Crippen LogP contribution in [0.25, 0.3) is 0 Å². The molecule has 2 fully saturated rings. The summed E-state index contributed by atoms with van der Waals surface area (Å²) in [6.07, 6.45) is 4.27. The van der Waals surface area contributed by atoms with Crippen molar-refractivity contribution in [2.75, 3.05) is 13.1 Å². The summed E-state index contributed by atoms with van der Waals surface area (Å²) in [5, 5.41) is 6.28. The third kappa shape index (κ3) is 3.53. The fraction of sp³-hybridized carbons (Fsp3) is 0.889. The third-order valence-electron chi connectivity index (χ3n) is 2.58. The van der Waals surface area contributed by atoms with Crippen molar-refractivity contribution < 1.29 is 4.79 Å². The molecule has 1 amide bonds. The molecular weight excluding hydrogens is 188 g/mol. The quantitative estimate of drug-likeness (QED) is 0.710. The van der Waals surface area contributed by atoms with E-state index in [0.29, 0.717) is 12.0 Å². The number of carbonyl (C=O) groups is 1. The summed E-state index contributed by atoms with van der Waals surface area (Å²) in [5.74, 6) is 0.843. The van der Waals surface area contributed by atoms with Gasteiger partial charge in [0.15, 0.2) is 0 Å². The summed E-state index contributed by atoms with van der Waals surface area (Å²) in [6, 6.07) is 0.520. The Morgan fingerprint density at radius 1 is 1.38 bits per heavy atom. The van der Waals surface area contributed by atoms with Crippen LogP contribution in [0.3, 0.4) is 0 Å². The number of hydrogen-bond donors (Lipinski definition) is 2. The van der Waals surface area contributed by atoms with E-state index in [1.165, 1.54) is 12.8 Å². The summed E-state index contributed by atoms with van der Waals surface area (Å²) < 4.78 is 0. The first kappa shape index (κ1) is 10.8. The van der Waals surface area contributed by atoms with Gasteiger partial charge in [0.1, 0.15) is 0 Å². The smallest absolute Gasteiger partial charge is 0.220 e. The van der Waals surface area contributed by atoms with Crippen LogP contribution in [0.2, 0.25) is 0 Å². The average molecular weight is 205 g/mol. The third-order valence-corrected chi connectivity index (χ3v) is 2.58. The maximum atomic E-state index is 11.3. The minimum Gasteiger partial charge on any atom is -0.353 e. The highest BCUT2D eigenvalue weighted by Gasteiger charge is 2.25. The summed E-state index contributed by atoms with van der Waals surface area (Å²) in [6.45, 7) is 2.11. The summed E-state index contributed by atoms with van der Waals surface area (Å²) in [4.78, 5) is 11.3. The Labute approximate surface area is 85.1 Å². The lowest BCUT2D eigenvalue weighted by Gasteiger charge is -2.07. The van der Waals surface area contributed by atoms with Crippen LogP contribution in [0, 0.1) is 5.92 Å². The normalized spacial score (nSPS) is 26.6.